The highest BCUT2D eigenvalue weighted by atomic mass is 32.2. The topological polar surface area (TPSA) is 43.4 Å². The zero-order valence-corrected chi connectivity index (χ0v) is 12.6. The Labute approximate surface area is 123 Å². The molecule has 1 aromatic rings. The van der Waals surface area contributed by atoms with E-state index in [9.17, 15) is 9.00 Å². The van der Waals surface area contributed by atoms with Gasteiger partial charge in [-0.2, -0.15) is 0 Å². The number of unbranched alkanes of at least 4 members (excludes halogenated alkanes) is 4. The second kappa shape index (κ2) is 10.5. The van der Waals surface area contributed by atoms with Gasteiger partial charge in [0.1, 0.15) is 6.61 Å². The molecule has 3 nitrogen and oxygen atoms in total. The number of benzene rings is 1. The van der Waals surface area contributed by atoms with Gasteiger partial charge in [-0.05, 0) is 19.3 Å². The first kappa shape index (κ1) is 16.8. The fourth-order valence-electron chi connectivity index (χ4n) is 1.75. The molecule has 1 unspecified atom stereocenters. The van der Waals surface area contributed by atoms with Crippen LogP contribution in [0.1, 0.15) is 42.5 Å². The Morgan fingerprint density at radius 1 is 1.15 bits per heavy atom. The summed E-state index contributed by atoms with van der Waals surface area (Å²) in [6.07, 6.45) is 7.09. The van der Waals surface area contributed by atoms with Gasteiger partial charge in [-0.25, -0.2) is 4.21 Å². The van der Waals surface area contributed by atoms with Crippen LogP contribution in [0.4, 0.5) is 0 Å². The molecular weight excluding hydrogens is 272 g/mol. The highest BCUT2D eigenvalue weighted by Gasteiger charge is 2.08. The van der Waals surface area contributed by atoms with E-state index in [1.165, 1.54) is 0 Å². The molecule has 110 valence electrons. The highest BCUT2D eigenvalue weighted by Crippen LogP contribution is 2.05. The average Bonchev–Trinajstić information content (AvgIpc) is 2.49. The van der Waals surface area contributed by atoms with Crippen LogP contribution >= 0.6 is 0 Å². The summed E-state index contributed by atoms with van der Waals surface area (Å²) in [4.78, 5) is 11.7. The lowest BCUT2D eigenvalue weighted by molar-refractivity contribution is 0.0930. The number of hydrogen-bond donors (Lipinski definition) is 0. The van der Waals surface area contributed by atoms with Crippen LogP contribution in [0.15, 0.2) is 43.0 Å². The van der Waals surface area contributed by atoms with Crippen LogP contribution in [0.2, 0.25) is 0 Å². The smallest absolute Gasteiger partial charge is 0.189 e. The SMILES string of the molecule is C=CCCCCCCS(=O)OCC(=O)c1ccccc1. The third-order valence-electron chi connectivity index (χ3n) is 2.89. The number of carbonyl (C=O) groups excluding carboxylic acids is 1. The van der Waals surface area contributed by atoms with Crippen molar-refractivity contribution >= 4 is 16.9 Å². The Morgan fingerprint density at radius 2 is 1.85 bits per heavy atom. The maximum Gasteiger partial charge on any atom is 0.189 e. The van der Waals surface area contributed by atoms with Crippen LogP contribution in [-0.2, 0) is 15.3 Å². The van der Waals surface area contributed by atoms with Crippen molar-refractivity contribution in [2.75, 3.05) is 12.4 Å². The first-order chi connectivity index (χ1) is 9.74. The van der Waals surface area contributed by atoms with E-state index in [1.54, 1.807) is 24.3 Å². The van der Waals surface area contributed by atoms with E-state index in [4.69, 9.17) is 4.18 Å². The Kier molecular flexibility index (Phi) is 8.83. The summed E-state index contributed by atoms with van der Waals surface area (Å²) in [7, 11) is 0. The van der Waals surface area contributed by atoms with Crippen LogP contribution < -0.4 is 0 Å². The zero-order valence-electron chi connectivity index (χ0n) is 11.8. The molecule has 0 amide bonds. The standard InChI is InChI=1S/C16H22O3S/c1-2-3-4-5-6-10-13-20(18)19-14-16(17)15-11-8-7-9-12-15/h2,7-9,11-12H,1,3-6,10,13-14H2. The summed E-state index contributed by atoms with van der Waals surface area (Å²) < 4.78 is 16.7. The van der Waals surface area contributed by atoms with Crippen molar-refractivity contribution in [3.05, 3.63) is 48.6 Å². The largest absolute Gasteiger partial charge is 0.292 e. The molecule has 0 fully saturated rings. The van der Waals surface area contributed by atoms with Crippen molar-refractivity contribution in [2.24, 2.45) is 0 Å². The van der Waals surface area contributed by atoms with Gasteiger partial charge in [-0.15, -0.1) is 6.58 Å². The molecule has 0 spiro atoms. The lowest BCUT2D eigenvalue weighted by Gasteiger charge is -2.03. The minimum absolute atomic E-state index is 0.118. The fraction of sp³-hybridized carbons (Fsp3) is 0.438. The average molecular weight is 294 g/mol. The second-order valence-corrected chi connectivity index (χ2v) is 5.80. The summed E-state index contributed by atoms with van der Waals surface area (Å²) >= 11 is -1.36. The molecule has 0 heterocycles. The van der Waals surface area contributed by atoms with E-state index >= 15 is 0 Å². The molecule has 20 heavy (non-hydrogen) atoms. The molecule has 0 saturated carbocycles. The lowest BCUT2D eigenvalue weighted by atomic mass is 10.1. The lowest BCUT2D eigenvalue weighted by Crippen LogP contribution is -2.12. The van der Waals surface area contributed by atoms with Crippen LogP contribution in [0.5, 0.6) is 0 Å². The molecule has 0 aliphatic rings. The summed E-state index contributed by atoms with van der Waals surface area (Å²) in [6.45, 7) is 3.55. The molecule has 0 aliphatic carbocycles. The van der Waals surface area contributed by atoms with Crippen LogP contribution in [0.3, 0.4) is 0 Å². The number of carbonyl (C=O) groups is 1. The molecule has 0 aliphatic heterocycles. The normalized spacial score (nSPS) is 12.0. The predicted octanol–water partition coefficient (Wildman–Crippen LogP) is 3.69. The quantitative estimate of drug-likeness (QED) is 0.355. The van der Waals surface area contributed by atoms with Gasteiger partial charge in [0.2, 0.25) is 0 Å². The van der Waals surface area contributed by atoms with Gasteiger partial charge >= 0.3 is 0 Å². The number of ketones is 1. The van der Waals surface area contributed by atoms with Gasteiger partial charge < -0.3 is 0 Å². The second-order valence-electron chi connectivity index (χ2n) is 4.55. The fourth-order valence-corrected chi connectivity index (χ4v) is 2.54. The first-order valence-electron chi connectivity index (χ1n) is 6.95. The maximum atomic E-state index is 11.7. The summed E-state index contributed by atoms with van der Waals surface area (Å²) in [5.74, 6) is 0.362. The monoisotopic (exact) mass is 294 g/mol. The van der Waals surface area contributed by atoms with Gasteiger partial charge in [-0.1, -0.05) is 49.2 Å². The maximum absolute atomic E-state index is 11.7. The van der Waals surface area contributed by atoms with Crippen LogP contribution in [-0.4, -0.2) is 22.4 Å². The molecular formula is C16H22O3S. The molecule has 0 saturated heterocycles. The number of allylic oxidation sites excluding steroid dienone is 1. The van der Waals surface area contributed by atoms with Gasteiger partial charge in [0.25, 0.3) is 0 Å². The molecule has 1 aromatic carbocycles. The van der Waals surface area contributed by atoms with Crippen molar-refractivity contribution in [3.63, 3.8) is 0 Å². The number of rotatable bonds is 11. The minimum atomic E-state index is -1.36. The molecule has 0 aromatic heterocycles. The van der Waals surface area contributed by atoms with E-state index in [1.807, 2.05) is 12.1 Å². The van der Waals surface area contributed by atoms with Crippen molar-refractivity contribution < 1.29 is 13.2 Å². The van der Waals surface area contributed by atoms with Crippen LogP contribution in [0, 0.1) is 0 Å². The predicted molar refractivity (Wildman–Crippen MR) is 83.0 cm³/mol. The van der Waals surface area contributed by atoms with Crippen molar-refractivity contribution in [1.82, 2.24) is 0 Å². The van der Waals surface area contributed by atoms with E-state index < -0.39 is 11.1 Å². The van der Waals surface area contributed by atoms with Gasteiger partial charge in [0, 0.05) is 11.3 Å². The third-order valence-corrected chi connectivity index (χ3v) is 3.89. The molecule has 0 bridgehead atoms. The Balaban J connectivity index is 2.11. The number of Topliss-reactive ketones (excluding diaryl/α,β-unsaturated/α-hetero) is 1. The Morgan fingerprint density at radius 3 is 2.55 bits per heavy atom. The Bertz CT molecular complexity index is 429. The zero-order chi connectivity index (χ0) is 14.6. The Hall–Kier alpha value is -1.26. The third kappa shape index (κ3) is 7.36. The van der Waals surface area contributed by atoms with Gasteiger partial charge in [0.15, 0.2) is 16.9 Å². The molecule has 1 rings (SSSR count). The molecule has 0 radical (unpaired) electrons. The van der Waals surface area contributed by atoms with E-state index in [0.717, 1.165) is 32.1 Å². The van der Waals surface area contributed by atoms with Crippen molar-refractivity contribution in [3.8, 4) is 0 Å². The minimum Gasteiger partial charge on any atom is -0.292 e. The van der Waals surface area contributed by atoms with Crippen molar-refractivity contribution in [2.45, 2.75) is 32.1 Å². The van der Waals surface area contributed by atoms with E-state index in [0.29, 0.717) is 11.3 Å². The van der Waals surface area contributed by atoms with Crippen molar-refractivity contribution in [1.29, 1.82) is 0 Å². The highest BCUT2D eigenvalue weighted by molar-refractivity contribution is 7.80. The van der Waals surface area contributed by atoms with Gasteiger partial charge in [0.05, 0.1) is 0 Å². The summed E-state index contributed by atoms with van der Waals surface area (Å²) in [5.41, 5.74) is 0.592. The number of hydrogen-bond acceptors (Lipinski definition) is 3. The molecule has 0 N–H and O–H groups in total. The summed E-state index contributed by atoms with van der Waals surface area (Å²) in [6, 6.07) is 8.91. The summed E-state index contributed by atoms with van der Waals surface area (Å²) in [5, 5.41) is 0. The van der Waals surface area contributed by atoms with Gasteiger partial charge in [-0.3, -0.25) is 8.98 Å². The molecule has 1 atom stereocenters. The van der Waals surface area contributed by atoms with E-state index in [2.05, 4.69) is 6.58 Å². The first-order valence-corrected chi connectivity index (χ1v) is 8.19. The molecule has 4 heteroatoms. The van der Waals surface area contributed by atoms with E-state index in [-0.39, 0.29) is 12.4 Å². The van der Waals surface area contributed by atoms with Crippen LogP contribution in [0.25, 0.3) is 0 Å².